The number of methoxy groups -OCH3 is 2. The molecular weight excluding hydrogens is 286 g/mol. The van der Waals surface area contributed by atoms with Crippen LogP contribution in [0, 0.1) is 4.91 Å². The minimum absolute atomic E-state index is 0.216. The molecule has 0 heterocycles. The number of rotatable bonds is 5. The first-order chi connectivity index (χ1) is 9.83. The van der Waals surface area contributed by atoms with Crippen molar-refractivity contribution in [3.05, 3.63) is 34.2 Å². The number of benzene rings is 1. The molecule has 0 fully saturated rings. The van der Waals surface area contributed by atoms with Gasteiger partial charge in [0.05, 0.1) is 24.7 Å². The molecule has 1 aromatic carbocycles. The number of nitrogens with zero attached hydrogens (tertiary/aromatic N) is 1. The van der Waals surface area contributed by atoms with Crippen LogP contribution in [0.1, 0.15) is 21.8 Å². The molecule has 0 aromatic heterocycles. The molecule has 0 aliphatic rings. The van der Waals surface area contributed by atoms with Gasteiger partial charge >= 0.3 is 23.6 Å². The second-order valence-corrected chi connectivity index (χ2v) is 3.83. The van der Waals surface area contributed by atoms with E-state index in [4.69, 9.17) is 10.3 Å². The summed E-state index contributed by atoms with van der Waals surface area (Å²) in [6.07, 6.45) is 0. The standard InChI is InChI=1S/C12H11NO8/c1-20-11(16)9(12(17)21-2)7-4-3-6(13(18)19)5-8(7)10(14)15/h3-5,9H,1-2H3,(H-,14,15,18,19)/p+1. The fourth-order valence-electron chi connectivity index (χ4n) is 1.69. The lowest BCUT2D eigenvalue weighted by molar-refractivity contribution is -0.729. The van der Waals surface area contributed by atoms with Crippen LogP contribution in [0.3, 0.4) is 0 Å². The third-order valence-electron chi connectivity index (χ3n) is 2.67. The Balaban J connectivity index is 3.50. The minimum Gasteiger partial charge on any atom is -0.478 e. The Kier molecular flexibility index (Phi) is 4.95. The first-order valence-electron chi connectivity index (χ1n) is 5.52. The zero-order valence-electron chi connectivity index (χ0n) is 11.1. The molecule has 0 aliphatic heterocycles. The molecule has 1 rings (SSSR count). The van der Waals surface area contributed by atoms with Crippen LogP contribution in [-0.2, 0) is 19.1 Å². The number of hydrogen-bond acceptors (Lipinski definition) is 6. The first-order valence-corrected chi connectivity index (χ1v) is 5.52. The van der Waals surface area contributed by atoms with Crippen molar-refractivity contribution in [3.63, 3.8) is 0 Å². The van der Waals surface area contributed by atoms with Crippen LogP contribution in [0.25, 0.3) is 0 Å². The molecule has 112 valence electrons. The van der Waals surface area contributed by atoms with E-state index in [1.165, 1.54) is 0 Å². The predicted octanol–water partition coefficient (Wildman–Crippen LogP) is 0.614. The Hall–Kier alpha value is -2.97. The molecule has 0 bridgehead atoms. The number of hydrogen-bond donors (Lipinski definition) is 2. The van der Waals surface area contributed by atoms with Crippen molar-refractivity contribution in [2.75, 3.05) is 14.2 Å². The Morgan fingerprint density at radius 3 is 2.05 bits per heavy atom. The molecule has 0 saturated carbocycles. The molecule has 21 heavy (non-hydrogen) atoms. The van der Waals surface area contributed by atoms with Gasteiger partial charge < -0.3 is 14.6 Å². The Labute approximate surface area is 118 Å². The van der Waals surface area contributed by atoms with Crippen LogP contribution < -0.4 is 0 Å². The van der Waals surface area contributed by atoms with Gasteiger partial charge in [-0.2, -0.15) is 0 Å². The van der Waals surface area contributed by atoms with Gasteiger partial charge in [0, 0.05) is 12.1 Å². The summed E-state index contributed by atoms with van der Waals surface area (Å²) in [7, 11) is 2.06. The summed E-state index contributed by atoms with van der Waals surface area (Å²) in [5.41, 5.74) is -1.10. The van der Waals surface area contributed by atoms with Crippen molar-refractivity contribution < 1.29 is 39.1 Å². The van der Waals surface area contributed by atoms with Gasteiger partial charge in [0.25, 0.3) is 4.92 Å². The summed E-state index contributed by atoms with van der Waals surface area (Å²) < 4.78 is 8.90. The fourth-order valence-corrected chi connectivity index (χ4v) is 1.69. The van der Waals surface area contributed by atoms with Crippen molar-refractivity contribution in [1.29, 1.82) is 0 Å². The normalized spacial score (nSPS) is 10.0. The van der Waals surface area contributed by atoms with Gasteiger partial charge in [-0.1, -0.05) is 0 Å². The van der Waals surface area contributed by atoms with E-state index in [-0.39, 0.29) is 11.3 Å². The number of esters is 2. The monoisotopic (exact) mass is 298 g/mol. The molecule has 0 aliphatic carbocycles. The van der Waals surface area contributed by atoms with E-state index in [0.29, 0.717) is 0 Å². The zero-order valence-corrected chi connectivity index (χ0v) is 11.1. The summed E-state index contributed by atoms with van der Waals surface area (Å²) in [4.78, 5) is 44.8. The van der Waals surface area contributed by atoms with Gasteiger partial charge in [-0.3, -0.25) is 9.59 Å². The third-order valence-corrected chi connectivity index (χ3v) is 2.67. The molecule has 0 radical (unpaired) electrons. The first kappa shape index (κ1) is 16.1. The highest BCUT2D eigenvalue weighted by Gasteiger charge is 2.35. The van der Waals surface area contributed by atoms with E-state index >= 15 is 0 Å². The molecular formula is C12H12NO8+. The largest absolute Gasteiger partial charge is 0.478 e. The maximum absolute atomic E-state index is 11.7. The highest BCUT2D eigenvalue weighted by molar-refractivity contribution is 6.04. The smallest absolute Gasteiger partial charge is 0.336 e. The molecule has 2 N–H and O–H groups in total. The number of carboxylic acids is 1. The van der Waals surface area contributed by atoms with E-state index in [9.17, 15) is 19.3 Å². The number of carbonyl (C=O) groups excluding carboxylic acids is 2. The minimum atomic E-state index is -1.61. The summed E-state index contributed by atoms with van der Waals surface area (Å²) in [6, 6.07) is 2.93. The molecule has 0 atom stereocenters. The highest BCUT2D eigenvalue weighted by Crippen LogP contribution is 2.26. The van der Waals surface area contributed by atoms with Gasteiger partial charge in [0.2, 0.25) is 0 Å². The zero-order chi connectivity index (χ0) is 16.2. The SMILES string of the molecule is COC(=O)C(C(=O)OC)c1ccc([N+](=O)O)cc1C(=O)O. The molecule has 0 amide bonds. The number of ether oxygens (including phenoxy) is 2. The number of aromatic carboxylic acids is 1. The lowest BCUT2D eigenvalue weighted by atomic mass is 9.93. The van der Waals surface area contributed by atoms with Crippen LogP contribution in [0.15, 0.2) is 18.2 Å². The van der Waals surface area contributed by atoms with Crippen LogP contribution in [-0.4, -0.2) is 47.4 Å². The summed E-state index contributed by atoms with van der Waals surface area (Å²) in [5, 5.41) is 17.9. The van der Waals surface area contributed by atoms with Crippen LogP contribution in [0.5, 0.6) is 0 Å². The molecule has 9 heteroatoms. The second kappa shape index (κ2) is 6.46. The van der Waals surface area contributed by atoms with E-state index in [2.05, 4.69) is 9.47 Å². The van der Waals surface area contributed by atoms with Gasteiger partial charge in [0.1, 0.15) is 0 Å². The topological polar surface area (TPSA) is 130 Å². The van der Waals surface area contributed by atoms with Gasteiger partial charge in [0.15, 0.2) is 5.92 Å². The highest BCUT2D eigenvalue weighted by atomic mass is 16.6. The summed E-state index contributed by atoms with van der Waals surface area (Å²) in [6.45, 7) is 0. The second-order valence-electron chi connectivity index (χ2n) is 3.83. The quantitative estimate of drug-likeness (QED) is 0.459. The average Bonchev–Trinajstić information content (AvgIpc) is 2.46. The fraction of sp³-hybridized carbons (Fsp3) is 0.250. The Bertz CT molecular complexity index is 593. The Morgan fingerprint density at radius 2 is 1.67 bits per heavy atom. The number of carboxylic acid groups (broad SMARTS) is 1. The van der Waals surface area contributed by atoms with Crippen LogP contribution in [0.2, 0.25) is 0 Å². The van der Waals surface area contributed by atoms with Crippen LogP contribution >= 0.6 is 0 Å². The predicted molar refractivity (Wildman–Crippen MR) is 65.2 cm³/mol. The molecule has 0 saturated heterocycles. The van der Waals surface area contributed by atoms with E-state index < -0.39 is 34.3 Å². The lowest BCUT2D eigenvalue weighted by Crippen LogP contribution is -2.26. The summed E-state index contributed by atoms with van der Waals surface area (Å²) >= 11 is 0. The molecule has 1 aromatic rings. The van der Waals surface area contributed by atoms with E-state index in [0.717, 1.165) is 32.4 Å². The van der Waals surface area contributed by atoms with Gasteiger partial charge in [-0.25, -0.2) is 10.0 Å². The van der Waals surface area contributed by atoms with Crippen molar-refractivity contribution in [2.24, 2.45) is 0 Å². The maximum Gasteiger partial charge on any atom is 0.336 e. The van der Waals surface area contributed by atoms with Crippen LogP contribution in [0.4, 0.5) is 5.69 Å². The maximum atomic E-state index is 11.7. The Morgan fingerprint density at radius 1 is 1.14 bits per heavy atom. The van der Waals surface area contributed by atoms with Crippen molar-refractivity contribution in [1.82, 2.24) is 0 Å². The van der Waals surface area contributed by atoms with Crippen molar-refractivity contribution in [3.8, 4) is 0 Å². The number of carbonyl (C=O) groups is 3. The average molecular weight is 298 g/mol. The van der Waals surface area contributed by atoms with E-state index in [1.807, 2.05) is 0 Å². The summed E-state index contributed by atoms with van der Waals surface area (Å²) in [5.74, 6) is -5.13. The van der Waals surface area contributed by atoms with Crippen molar-refractivity contribution >= 4 is 23.6 Å². The van der Waals surface area contributed by atoms with Gasteiger partial charge in [-0.05, 0) is 11.6 Å². The van der Waals surface area contributed by atoms with Gasteiger partial charge in [-0.15, -0.1) is 0 Å². The molecule has 9 nitrogen and oxygen atoms in total. The molecule has 0 spiro atoms. The molecule has 0 unspecified atom stereocenters. The van der Waals surface area contributed by atoms with Crippen molar-refractivity contribution in [2.45, 2.75) is 5.92 Å². The third kappa shape index (κ3) is 3.32. The lowest BCUT2D eigenvalue weighted by Gasteiger charge is -2.14. The van der Waals surface area contributed by atoms with E-state index in [1.54, 1.807) is 0 Å².